The number of hydrogen-bond donors (Lipinski definition) is 2. The maximum Gasteiger partial charge on any atom is 0.164 e. The van der Waals surface area contributed by atoms with Crippen molar-refractivity contribution in [1.29, 1.82) is 0 Å². The van der Waals surface area contributed by atoms with Gasteiger partial charge in [-0.2, -0.15) is 0 Å². The van der Waals surface area contributed by atoms with Crippen LogP contribution in [0.2, 0.25) is 0 Å². The summed E-state index contributed by atoms with van der Waals surface area (Å²) in [7, 11) is 1.62. The van der Waals surface area contributed by atoms with E-state index >= 15 is 0 Å². The summed E-state index contributed by atoms with van der Waals surface area (Å²) in [4.78, 5) is 0. The van der Waals surface area contributed by atoms with Crippen molar-refractivity contribution in [1.82, 2.24) is 5.48 Å². The molecule has 0 saturated carbocycles. The highest BCUT2D eigenvalue weighted by Gasteiger charge is 2.18. The molecule has 1 aliphatic heterocycles. The lowest BCUT2D eigenvalue weighted by molar-refractivity contribution is 0.161. The largest absolute Gasteiger partial charge is 0.493 e. The number of fused-ring (bicyclic) bond motifs is 1. The normalized spacial score (nSPS) is 13.6. The highest BCUT2D eigenvalue weighted by Crippen LogP contribution is 2.36. The molecule has 0 aliphatic carbocycles. The van der Waals surface area contributed by atoms with E-state index in [-0.39, 0.29) is 0 Å². The fourth-order valence-electron chi connectivity index (χ4n) is 1.68. The Kier molecular flexibility index (Phi) is 2.56. The smallest absolute Gasteiger partial charge is 0.164 e. The molecule has 0 radical (unpaired) electrons. The van der Waals surface area contributed by atoms with Gasteiger partial charge in [0.25, 0.3) is 0 Å². The Hall–Kier alpha value is -1.26. The molecule has 0 unspecified atom stereocenters. The van der Waals surface area contributed by atoms with E-state index in [0.717, 1.165) is 29.0 Å². The summed E-state index contributed by atoms with van der Waals surface area (Å²) in [5.41, 5.74) is 4.27. The van der Waals surface area contributed by atoms with Crippen molar-refractivity contribution >= 4 is 0 Å². The summed E-state index contributed by atoms with van der Waals surface area (Å²) in [6, 6.07) is 3.89. The van der Waals surface area contributed by atoms with Crippen LogP contribution in [0, 0.1) is 0 Å². The zero-order valence-electron chi connectivity index (χ0n) is 8.04. The standard InChI is InChI=1S/C10H13NO3/c1-13-9-5-7(6-11-12)4-8-2-3-14-10(8)9/h4-5,11-12H,2-3,6H2,1H3. The van der Waals surface area contributed by atoms with E-state index in [2.05, 4.69) is 5.48 Å². The van der Waals surface area contributed by atoms with Crippen molar-refractivity contribution in [3.63, 3.8) is 0 Å². The van der Waals surface area contributed by atoms with Gasteiger partial charge in [-0.15, -0.1) is 0 Å². The average Bonchev–Trinajstić information content (AvgIpc) is 2.65. The van der Waals surface area contributed by atoms with Gasteiger partial charge in [0.1, 0.15) is 0 Å². The monoisotopic (exact) mass is 195 g/mol. The van der Waals surface area contributed by atoms with Crippen LogP contribution in [0.25, 0.3) is 0 Å². The number of ether oxygens (including phenoxy) is 2. The Bertz CT molecular complexity index is 338. The molecule has 2 rings (SSSR count). The minimum Gasteiger partial charge on any atom is -0.493 e. The third-order valence-electron chi connectivity index (χ3n) is 2.31. The van der Waals surface area contributed by atoms with E-state index in [1.165, 1.54) is 0 Å². The summed E-state index contributed by atoms with van der Waals surface area (Å²) in [5.74, 6) is 1.58. The number of nitrogens with one attached hydrogen (secondary N) is 1. The van der Waals surface area contributed by atoms with Crippen LogP contribution in [0.4, 0.5) is 0 Å². The molecule has 0 atom stereocenters. The van der Waals surface area contributed by atoms with Gasteiger partial charge in [-0.05, 0) is 11.6 Å². The summed E-state index contributed by atoms with van der Waals surface area (Å²) in [6.45, 7) is 1.13. The maximum absolute atomic E-state index is 8.61. The van der Waals surface area contributed by atoms with Crippen LogP contribution in [-0.2, 0) is 13.0 Å². The quantitative estimate of drug-likeness (QED) is 0.709. The van der Waals surface area contributed by atoms with Gasteiger partial charge in [-0.1, -0.05) is 6.07 Å². The lowest BCUT2D eigenvalue weighted by Crippen LogP contribution is -2.06. The Morgan fingerprint density at radius 3 is 3.14 bits per heavy atom. The second kappa shape index (κ2) is 3.86. The van der Waals surface area contributed by atoms with E-state index in [1.54, 1.807) is 7.11 Å². The SMILES string of the molecule is COc1cc(CNO)cc2c1OCC2. The molecule has 0 spiro atoms. The minimum atomic E-state index is 0.420. The molecule has 1 aromatic rings. The summed E-state index contributed by atoms with van der Waals surface area (Å²) in [5, 5.41) is 8.61. The number of hydrogen-bond acceptors (Lipinski definition) is 4. The van der Waals surface area contributed by atoms with Gasteiger partial charge in [0.15, 0.2) is 11.5 Å². The zero-order valence-corrected chi connectivity index (χ0v) is 8.04. The summed E-state index contributed by atoms with van der Waals surface area (Å²) in [6.07, 6.45) is 0.908. The molecule has 0 amide bonds. The first kappa shape index (κ1) is 9.30. The molecular formula is C10H13NO3. The number of methoxy groups -OCH3 is 1. The first-order chi connectivity index (χ1) is 6.85. The number of hydroxylamine groups is 1. The number of rotatable bonds is 3. The van der Waals surface area contributed by atoms with Crippen molar-refractivity contribution in [2.24, 2.45) is 0 Å². The van der Waals surface area contributed by atoms with Gasteiger partial charge in [-0.25, -0.2) is 5.48 Å². The van der Waals surface area contributed by atoms with Gasteiger partial charge >= 0.3 is 0 Å². The Labute approximate surface area is 82.4 Å². The van der Waals surface area contributed by atoms with Crippen molar-refractivity contribution < 1.29 is 14.7 Å². The van der Waals surface area contributed by atoms with Crippen LogP contribution in [-0.4, -0.2) is 18.9 Å². The molecule has 0 saturated heterocycles. The zero-order chi connectivity index (χ0) is 9.97. The van der Waals surface area contributed by atoms with Gasteiger partial charge in [0, 0.05) is 18.5 Å². The molecule has 14 heavy (non-hydrogen) atoms. The Morgan fingerprint density at radius 2 is 2.43 bits per heavy atom. The third-order valence-corrected chi connectivity index (χ3v) is 2.31. The van der Waals surface area contributed by atoms with Crippen LogP contribution < -0.4 is 15.0 Å². The molecule has 0 aromatic heterocycles. The molecule has 2 N–H and O–H groups in total. The maximum atomic E-state index is 8.61. The fraction of sp³-hybridized carbons (Fsp3) is 0.400. The highest BCUT2D eigenvalue weighted by molar-refractivity contribution is 5.51. The molecule has 76 valence electrons. The second-order valence-corrected chi connectivity index (χ2v) is 3.22. The van der Waals surface area contributed by atoms with Crippen LogP contribution in [0.5, 0.6) is 11.5 Å². The predicted octanol–water partition coefficient (Wildman–Crippen LogP) is 1.11. The van der Waals surface area contributed by atoms with E-state index in [9.17, 15) is 0 Å². The van der Waals surface area contributed by atoms with Crippen LogP contribution in [0.3, 0.4) is 0 Å². The number of benzene rings is 1. The van der Waals surface area contributed by atoms with Gasteiger partial charge < -0.3 is 14.7 Å². The lowest BCUT2D eigenvalue weighted by Gasteiger charge is -2.09. The molecule has 1 aromatic carbocycles. The summed E-state index contributed by atoms with van der Waals surface area (Å²) >= 11 is 0. The highest BCUT2D eigenvalue weighted by atomic mass is 16.5. The molecule has 0 fully saturated rings. The Balaban J connectivity index is 2.39. The topological polar surface area (TPSA) is 50.7 Å². The van der Waals surface area contributed by atoms with Crippen molar-refractivity contribution in [2.45, 2.75) is 13.0 Å². The minimum absolute atomic E-state index is 0.420. The van der Waals surface area contributed by atoms with Crippen molar-refractivity contribution in [2.75, 3.05) is 13.7 Å². The van der Waals surface area contributed by atoms with Crippen molar-refractivity contribution in [3.05, 3.63) is 23.3 Å². The Morgan fingerprint density at radius 1 is 1.57 bits per heavy atom. The molecule has 4 heteroatoms. The van der Waals surface area contributed by atoms with E-state index in [0.29, 0.717) is 13.2 Å². The van der Waals surface area contributed by atoms with E-state index in [4.69, 9.17) is 14.7 Å². The van der Waals surface area contributed by atoms with Gasteiger partial charge in [-0.3, -0.25) is 0 Å². The van der Waals surface area contributed by atoms with Crippen LogP contribution in [0.1, 0.15) is 11.1 Å². The fourth-order valence-corrected chi connectivity index (χ4v) is 1.68. The molecule has 1 aliphatic rings. The first-order valence-corrected chi connectivity index (χ1v) is 4.54. The van der Waals surface area contributed by atoms with E-state index in [1.807, 2.05) is 12.1 Å². The van der Waals surface area contributed by atoms with Gasteiger partial charge in [0.2, 0.25) is 0 Å². The second-order valence-electron chi connectivity index (χ2n) is 3.22. The van der Waals surface area contributed by atoms with Crippen LogP contribution in [0.15, 0.2) is 12.1 Å². The third kappa shape index (κ3) is 1.54. The van der Waals surface area contributed by atoms with Crippen molar-refractivity contribution in [3.8, 4) is 11.5 Å². The lowest BCUT2D eigenvalue weighted by atomic mass is 10.1. The molecule has 4 nitrogen and oxygen atoms in total. The summed E-state index contributed by atoms with van der Waals surface area (Å²) < 4.78 is 10.7. The van der Waals surface area contributed by atoms with E-state index < -0.39 is 0 Å². The molecular weight excluding hydrogens is 182 g/mol. The van der Waals surface area contributed by atoms with Crippen LogP contribution >= 0.6 is 0 Å². The average molecular weight is 195 g/mol. The molecule has 1 heterocycles. The molecule has 0 bridgehead atoms. The first-order valence-electron chi connectivity index (χ1n) is 4.54. The van der Waals surface area contributed by atoms with Gasteiger partial charge in [0.05, 0.1) is 13.7 Å². The predicted molar refractivity (Wildman–Crippen MR) is 50.8 cm³/mol.